The monoisotopic (exact) mass is 291 g/mol. The SMILES string of the molecule is CCOc1cc(CCN)cc(OC)c1SCC.Cl. The smallest absolute Gasteiger partial charge is 0.136 e. The van der Waals surface area contributed by atoms with Gasteiger partial charge in [0.25, 0.3) is 0 Å². The van der Waals surface area contributed by atoms with Gasteiger partial charge in [-0.1, -0.05) is 6.92 Å². The van der Waals surface area contributed by atoms with Gasteiger partial charge >= 0.3 is 0 Å². The van der Waals surface area contributed by atoms with E-state index in [1.165, 1.54) is 0 Å². The molecule has 0 aliphatic heterocycles. The Bertz CT molecular complexity index is 361. The molecule has 0 unspecified atom stereocenters. The van der Waals surface area contributed by atoms with Crippen LogP contribution in [0.4, 0.5) is 0 Å². The standard InChI is InChI=1S/C13H21NO2S.ClH/c1-4-16-12-9-10(6-7-14)8-11(15-3)13(12)17-5-2;/h8-9H,4-7,14H2,1-3H3;1H. The van der Waals surface area contributed by atoms with Crippen LogP contribution in [0.1, 0.15) is 19.4 Å². The molecular formula is C13H22ClNO2S. The summed E-state index contributed by atoms with van der Waals surface area (Å²) in [6.07, 6.45) is 0.841. The number of hydrogen-bond acceptors (Lipinski definition) is 4. The summed E-state index contributed by atoms with van der Waals surface area (Å²) in [6, 6.07) is 4.12. The number of ether oxygens (including phenoxy) is 2. The van der Waals surface area contributed by atoms with Crippen LogP contribution in [-0.2, 0) is 6.42 Å². The van der Waals surface area contributed by atoms with Crippen LogP contribution < -0.4 is 15.2 Å². The van der Waals surface area contributed by atoms with Gasteiger partial charge in [-0.3, -0.25) is 0 Å². The highest BCUT2D eigenvalue weighted by molar-refractivity contribution is 7.99. The maximum atomic E-state index is 5.68. The third-order valence-electron chi connectivity index (χ3n) is 2.32. The van der Waals surface area contributed by atoms with Gasteiger partial charge in [0.15, 0.2) is 0 Å². The second-order valence-electron chi connectivity index (χ2n) is 3.53. The molecule has 2 N–H and O–H groups in total. The van der Waals surface area contributed by atoms with E-state index in [2.05, 4.69) is 13.0 Å². The van der Waals surface area contributed by atoms with Gasteiger partial charge in [-0.15, -0.1) is 24.2 Å². The van der Waals surface area contributed by atoms with Gasteiger partial charge in [-0.25, -0.2) is 0 Å². The number of rotatable bonds is 7. The molecule has 0 aliphatic rings. The minimum absolute atomic E-state index is 0. The summed E-state index contributed by atoms with van der Waals surface area (Å²) in [4.78, 5) is 1.08. The van der Waals surface area contributed by atoms with Crippen molar-refractivity contribution in [2.45, 2.75) is 25.2 Å². The highest BCUT2D eigenvalue weighted by atomic mass is 35.5. The van der Waals surface area contributed by atoms with Crippen LogP contribution in [0.5, 0.6) is 11.5 Å². The third kappa shape index (κ3) is 4.59. The zero-order valence-electron chi connectivity index (χ0n) is 11.2. The topological polar surface area (TPSA) is 44.5 Å². The first-order chi connectivity index (χ1) is 8.26. The van der Waals surface area contributed by atoms with Crippen LogP contribution in [0.3, 0.4) is 0 Å². The van der Waals surface area contributed by atoms with Crippen molar-refractivity contribution in [1.82, 2.24) is 0 Å². The molecule has 104 valence electrons. The summed E-state index contributed by atoms with van der Waals surface area (Å²) < 4.78 is 11.1. The minimum Gasteiger partial charge on any atom is -0.495 e. The summed E-state index contributed by atoms with van der Waals surface area (Å²) in [5.41, 5.74) is 6.75. The fraction of sp³-hybridized carbons (Fsp3) is 0.538. The van der Waals surface area contributed by atoms with Gasteiger partial charge in [0.1, 0.15) is 11.5 Å². The molecule has 1 rings (SSSR count). The Balaban J connectivity index is 0.00000289. The lowest BCUT2D eigenvalue weighted by atomic mass is 10.1. The molecule has 0 saturated heterocycles. The molecule has 0 heterocycles. The molecule has 1 aromatic rings. The Kier molecular flexibility index (Phi) is 9.06. The summed E-state index contributed by atoms with van der Waals surface area (Å²) in [5, 5.41) is 0. The maximum absolute atomic E-state index is 5.68. The lowest BCUT2D eigenvalue weighted by molar-refractivity contribution is 0.324. The van der Waals surface area contributed by atoms with Crippen molar-refractivity contribution in [3.05, 3.63) is 17.7 Å². The second kappa shape index (κ2) is 9.36. The first-order valence-corrected chi connectivity index (χ1v) is 6.91. The number of nitrogens with two attached hydrogens (primary N) is 1. The van der Waals surface area contributed by atoms with Crippen LogP contribution in [0, 0.1) is 0 Å². The van der Waals surface area contributed by atoms with E-state index in [1.54, 1.807) is 18.9 Å². The highest BCUT2D eigenvalue weighted by Crippen LogP contribution is 2.39. The molecular weight excluding hydrogens is 270 g/mol. The lowest BCUT2D eigenvalue weighted by Gasteiger charge is -2.15. The molecule has 0 amide bonds. The highest BCUT2D eigenvalue weighted by Gasteiger charge is 2.12. The molecule has 0 aromatic heterocycles. The summed E-state index contributed by atoms with van der Waals surface area (Å²) in [5.74, 6) is 2.78. The van der Waals surface area contributed by atoms with E-state index in [9.17, 15) is 0 Å². The van der Waals surface area contributed by atoms with Gasteiger partial charge < -0.3 is 15.2 Å². The number of methoxy groups -OCH3 is 1. The summed E-state index contributed by atoms with van der Waals surface area (Å²) >= 11 is 1.74. The van der Waals surface area contributed by atoms with E-state index in [0.717, 1.165) is 34.1 Å². The first-order valence-electron chi connectivity index (χ1n) is 5.93. The van der Waals surface area contributed by atoms with Crippen molar-refractivity contribution in [2.24, 2.45) is 5.73 Å². The van der Waals surface area contributed by atoms with Crippen LogP contribution in [0.2, 0.25) is 0 Å². The quantitative estimate of drug-likeness (QED) is 0.784. The molecule has 0 saturated carbocycles. The molecule has 0 atom stereocenters. The molecule has 0 radical (unpaired) electrons. The fourth-order valence-electron chi connectivity index (χ4n) is 1.64. The van der Waals surface area contributed by atoms with E-state index >= 15 is 0 Å². The molecule has 0 aliphatic carbocycles. The van der Waals surface area contributed by atoms with Crippen molar-refractivity contribution >= 4 is 24.2 Å². The molecule has 0 fully saturated rings. The molecule has 5 heteroatoms. The van der Waals surface area contributed by atoms with Gasteiger partial charge in [0, 0.05) is 0 Å². The molecule has 3 nitrogen and oxygen atoms in total. The van der Waals surface area contributed by atoms with Crippen molar-refractivity contribution in [3.63, 3.8) is 0 Å². The Morgan fingerprint density at radius 3 is 2.39 bits per heavy atom. The largest absolute Gasteiger partial charge is 0.495 e. The number of halogens is 1. The van der Waals surface area contributed by atoms with Crippen molar-refractivity contribution < 1.29 is 9.47 Å². The Morgan fingerprint density at radius 2 is 1.89 bits per heavy atom. The van der Waals surface area contributed by atoms with E-state index in [4.69, 9.17) is 15.2 Å². The van der Waals surface area contributed by atoms with Gasteiger partial charge in [0.2, 0.25) is 0 Å². The van der Waals surface area contributed by atoms with Gasteiger partial charge in [-0.05, 0) is 43.3 Å². The van der Waals surface area contributed by atoms with Crippen LogP contribution in [-0.4, -0.2) is 26.0 Å². The zero-order valence-corrected chi connectivity index (χ0v) is 12.8. The normalized spacial score (nSPS) is 9.78. The third-order valence-corrected chi connectivity index (χ3v) is 3.30. The Hall–Kier alpha value is -0.580. The fourth-order valence-corrected chi connectivity index (χ4v) is 2.48. The van der Waals surface area contributed by atoms with Gasteiger partial charge in [0.05, 0.1) is 18.6 Å². The average Bonchev–Trinajstić information content (AvgIpc) is 2.33. The number of thioether (sulfide) groups is 1. The van der Waals surface area contributed by atoms with Crippen LogP contribution >= 0.6 is 24.2 Å². The Labute approximate surface area is 120 Å². The van der Waals surface area contributed by atoms with E-state index in [1.807, 2.05) is 13.0 Å². The average molecular weight is 292 g/mol. The molecule has 0 bridgehead atoms. The van der Waals surface area contributed by atoms with Crippen molar-refractivity contribution in [3.8, 4) is 11.5 Å². The van der Waals surface area contributed by atoms with E-state index in [0.29, 0.717) is 13.2 Å². The van der Waals surface area contributed by atoms with E-state index < -0.39 is 0 Å². The summed E-state index contributed by atoms with van der Waals surface area (Å²) in [7, 11) is 1.69. The number of benzene rings is 1. The molecule has 1 aromatic carbocycles. The van der Waals surface area contributed by atoms with Crippen molar-refractivity contribution in [1.29, 1.82) is 0 Å². The predicted octanol–water partition coefficient (Wildman–Crippen LogP) is 3.13. The van der Waals surface area contributed by atoms with Crippen LogP contribution in [0.15, 0.2) is 17.0 Å². The van der Waals surface area contributed by atoms with Crippen LogP contribution in [0.25, 0.3) is 0 Å². The molecule has 18 heavy (non-hydrogen) atoms. The van der Waals surface area contributed by atoms with Crippen molar-refractivity contribution in [2.75, 3.05) is 26.0 Å². The zero-order chi connectivity index (χ0) is 12.7. The maximum Gasteiger partial charge on any atom is 0.136 e. The number of hydrogen-bond donors (Lipinski definition) is 1. The second-order valence-corrected chi connectivity index (χ2v) is 4.80. The van der Waals surface area contributed by atoms with E-state index in [-0.39, 0.29) is 12.4 Å². The Morgan fingerprint density at radius 1 is 1.22 bits per heavy atom. The summed E-state index contributed by atoms with van der Waals surface area (Å²) in [6.45, 7) is 5.40. The minimum atomic E-state index is 0. The lowest BCUT2D eigenvalue weighted by Crippen LogP contribution is -2.04. The van der Waals surface area contributed by atoms with Gasteiger partial charge in [-0.2, -0.15) is 0 Å². The first kappa shape index (κ1) is 17.4. The molecule has 0 spiro atoms. The predicted molar refractivity (Wildman–Crippen MR) is 80.6 cm³/mol.